The zero-order valence-corrected chi connectivity index (χ0v) is 4.92. The van der Waals surface area contributed by atoms with E-state index in [9.17, 15) is 13.2 Å². The van der Waals surface area contributed by atoms with Crippen LogP contribution in [-0.4, -0.2) is 12.6 Å². The summed E-state index contributed by atoms with van der Waals surface area (Å²) in [7, 11) is 0. The fourth-order valence-corrected chi connectivity index (χ4v) is 0.154. The Morgan fingerprint density at radius 3 is 1.75 bits per heavy atom. The molecule has 50 valence electrons. The third kappa shape index (κ3) is 1.72. The van der Waals surface area contributed by atoms with Crippen molar-refractivity contribution in [2.24, 2.45) is 5.92 Å². The predicted molar refractivity (Wildman–Crippen MR) is 25.8 cm³/mol. The normalized spacial score (nSPS) is 12.8. The lowest BCUT2D eigenvalue weighted by Gasteiger charge is -2.14. The maximum absolute atomic E-state index is 11.9. The molecule has 0 aliphatic carbocycles. The van der Waals surface area contributed by atoms with Crippen molar-refractivity contribution in [2.75, 3.05) is 6.67 Å². The Morgan fingerprint density at radius 1 is 1.38 bits per heavy atom. The monoisotopic (exact) mass is 126 g/mol. The van der Waals surface area contributed by atoms with Gasteiger partial charge in [0, 0.05) is 5.92 Å². The van der Waals surface area contributed by atoms with Gasteiger partial charge in [0.1, 0.15) is 0 Å². The van der Waals surface area contributed by atoms with Crippen LogP contribution >= 0.6 is 0 Å². The molecule has 0 unspecified atom stereocenters. The summed E-state index contributed by atoms with van der Waals surface area (Å²) in [6.07, 6.45) is 0. The molecule has 0 saturated heterocycles. The van der Waals surface area contributed by atoms with Gasteiger partial charge in [0.15, 0.2) is 6.67 Å². The highest BCUT2D eigenvalue weighted by Crippen LogP contribution is 2.23. The maximum Gasteiger partial charge on any atom is 0.278 e. The number of halogens is 3. The molecule has 0 aromatic rings. The molecule has 8 heavy (non-hydrogen) atoms. The highest BCUT2D eigenvalue weighted by molar-refractivity contribution is 4.67. The third-order valence-electron chi connectivity index (χ3n) is 1.02. The van der Waals surface area contributed by atoms with Crippen molar-refractivity contribution in [3.05, 3.63) is 0 Å². The van der Waals surface area contributed by atoms with Gasteiger partial charge in [0.2, 0.25) is 0 Å². The van der Waals surface area contributed by atoms with E-state index in [2.05, 4.69) is 0 Å². The maximum atomic E-state index is 11.9. The van der Waals surface area contributed by atoms with Crippen LogP contribution in [-0.2, 0) is 0 Å². The molecule has 0 fully saturated rings. The van der Waals surface area contributed by atoms with Crippen LogP contribution in [0.15, 0.2) is 0 Å². The third-order valence-corrected chi connectivity index (χ3v) is 1.02. The summed E-state index contributed by atoms with van der Waals surface area (Å²) in [5, 5.41) is 0. The molecular formula is C5H9F3. The minimum absolute atomic E-state index is 0.896. The number of hydrogen-bond donors (Lipinski definition) is 0. The summed E-state index contributed by atoms with van der Waals surface area (Å²) >= 11 is 0. The topological polar surface area (TPSA) is 0 Å². The van der Waals surface area contributed by atoms with Crippen molar-refractivity contribution in [2.45, 2.75) is 19.8 Å². The lowest BCUT2D eigenvalue weighted by molar-refractivity contribution is -0.0636. The number of alkyl halides is 3. The Hall–Kier alpha value is -0.210. The van der Waals surface area contributed by atoms with Crippen LogP contribution in [0.5, 0.6) is 0 Å². The molecule has 0 atom stereocenters. The quantitative estimate of drug-likeness (QED) is 0.532. The van der Waals surface area contributed by atoms with Gasteiger partial charge in [-0.25, -0.2) is 13.2 Å². The van der Waals surface area contributed by atoms with Gasteiger partial charge in [-0.05, 0) is 0 Å². The van der Waals surface area contributed by atoms with E-state index in [1.165, 1.54) is 13.8 Å². The molecule has 0 N–H and O–H groups in total. The first-order valence-corrected chi connectivity index (χ1v) is 2.44. The second kappa shape index (κ2) is 2.37. The number of rotatable bonds is 2. The molecule has 0 amide bonds. The lowest BCUT2D eigenvalue weighted by atomic mass is 10.1. The molecule has 0 radical (unpaired) electrons. The fourth-order valence-electron chi connectivity index (χ4n) is 0.154. The van der Waals surface area contributed by atoms with E-state index in [0.29, 0.717) is 0 Å². The minimum Gasteiger partial charge on any atom is -0.244 e. The van der Waals surface area contributed by atoms with Gasteiger partial charge in [0.25, 0.3) is 5.92 Å². The molecule has 3 heteroatoms. The summed E-state index contributed by atoms with van der Waals surface area (Å²) in [5.74, 6) is -4.02. The Labute approximate surface area is 46.7 Å². The first kappa shape index (κ1) is 7.79. The SMILES string of the molecule is CC(C)C(F)(F)CF. The minimum atomic E-state index is -3.12. The zero-order valence-electron chi connectivity index (χ0n) is 4.92. The van der Waals surface area contributed by atoms with Gasteiger partial charge in [-0.15, -0.1) is 0 Å². The van der Waals surface area contributed by atoms with Crippen molar-refractivity contribution in [3.63, 3.8) is 0 Å². The first-order chi connectivity index (χ1) is 3.50. The van der Waals surface area contributed by atoms with Crippen molar-refractivity contribution in [1.82, 2.24) is 0 Å². The molecule has 0 saturated carbocycles. The van der Waals surface area contributed by atoms with E-state index < -0.39 is 18.5 Å². The summed E-state index contributed by atoms with van der Waals surface area (Å²) in [5.41, 5.74) is 0. The van der Waals surface area contributed by atoms with E-state index in [0.717, 1.165) is 0 Å². The predicted octanol–water partition coefficient (Wildman–Crippen LogP) is 2.25. The van der Waals surface area contributed by atoms with E-state index >= 15 is 0 Å². The van der Waals surface area contributed by atoms with Crippen molar-refractivity contribution in [1.29, 1.82) is 0 Å². The van der Waals surface area contributed by atoms with Gasteiger partial charge < -0.3 is 0 Å². The Balaban J connectivity index is 3.71. The summed E-state index contributed by atoms with van der Waals surface area (Å²) in [4.78, 5) is 0. The molecule has 0 spiro atoms. The largest absolute Gasteiger partial charge is 0.278 e. The van der Waals surface area contributed by atoms with Crippen LogP contribution in [0.4, 0.5) is 13.2 Å². The van der Waals surface area contributed by atoms with Gasteiger partial charge in [-0.2, -0.15) is 0 Å². The smallest absolute Gasteiger partial charge is 0.244 e. The highest BCUT2D eigenvalue weighted by atomic mass is 19.3. The van der Waals surface area contributed by atoms with Gasteiger partial charge in [-0.3, -0.25) is 0 Å². The first-order valence-electron chi connectivity index (χ1n) is 2.44. The molecule has 0 aliphatic heterocycles. The van der Waals surface area contributed by atoms with E-state index in [4.69, 9.17) is 0 Å². The molecule has 0 heterocycles. The van der Waals surface area contributed by atoms with Gasteiger partial charge in [0.05, 0.1) is 0 Å². The van der Waals surface area contributed by atoms with Crippen LogP contribution in [0.25, 0.3) is 0 Å². The van der Waals surface area contributed by atoms with Gasteiger partial charge >= 0.3 is 0 Å². The molecule has 0 aliphatic rings. The Morgan fingerprint density at radius 2 is 1.75 bits per heavy atom. The summed E-state index contributed by atoms with van der Waals surface area (Å²) in [6, 6.07) is 0. The lowest BCUT2D eigenvalue weighted by Crippen LogP contribution is -2.25. The summed E-state index contributed by atoms with van der Waals surface area (Å²) in [6.45, 7) is 1.03. The molecule has 0 aromatic heterocycles. The van der Waals surface area contributed by atoms with Crippen molar-refractivity contribution < 1.29 is 13.2 Å². The van der Waals surface area contributed by atoms with E-state index in [1.54, 1.807) is 0 Å². The van der Waals surface area contributed by atoms with Crippen LogP contribution < -0.4 is 0 Å². The van der Waals surface area contributed by atoms with E-state index in [1.807, 2.05) is 0 Å². The second-order valence-corrected chi connectivity index (χ2v) is 2.05. The molecule has 0 bridgehead atoms. The molecule has 0 rings (SSSR count). The standard InChI is InChI=1S/C5H9F3/c1-4(2)5(7,8)3-6/h4H,3H2,1-2H3. The Kier molecular flexibility index (Phi) is 2.31. The fraction of sp³-hybridized carbons (Fsp3) is 1.00. The second-order valence-electron chi connectivity index (χ2n) is 2.05. The zero-order chi connectivity index (χ0) is 6.78. The molecule has 0 aromatic carbocycles. The van der Waals surface area contributed by atoms with E-state index in [-0.39, 0.29) is 0 Å². The average Bonchev–Trinajstić information content (AvgIpc) is 1.67. The van der Waals surface area contributed by atoms with Crippen LogP contribution in [0.1, 0.15) is 13.8 Å². The number of hydrogen-bond acceptors (Lipinski definition) is 0. The van der Waals surface area contributed by atoms with Crippen LogP contribution in [0, 0.1) is 5.92 Å². The average molecular weight is 126 g/mol. The van der Waals surface area contributed by atoms with Crippen molar-refractivity contribution >= 4 is 0 Å². The summed E-state index contributed by atoms with van der Waals surface area (Å²) < 4.78 is 35.1. The van der Waals surface area contributed by atoms with Crippen LogP contribution in [0.2, 0.25) is 0 Å². The molecular weight excluding hydrogens is 117 g/mol. The van der Waals surface area contributed by atoms with Crippen LogP contribution in [0.3, 0.4) is 0 Å². The Bertz CT molecular complexity index is 68.1. The van der Waals surface area contributed by atoms with Gasteiger partial charge in [-0.1, -0.05) is 13.8 Å². The highest BCUT2D eigenvalue weighted by Gasteiger charge is 2.32. The molecule has 0 nitrogen and oxygen atoms in total. The van der Waals surface area contributed by atoms with Crippen molar-refractivity contribution in [3.8, 4) is 0 Å².